The van der Waals surface area contributed by atoms with E-state index >= 15 is 0 Å². The van der Waals surface area contributed by atoms with Crippen molar-refractivity contribution in [1.29, 1.82) is 0 Å². The van der Waals surface area contributed by atoms with E-state index in [0.717, 1.165) is 22.6 Å². The molecule has 0 bridgehead atoms. The summed E-state index contributed by atoms with van der Waals surface area (Å²) in [6.07, 6.45) is 1.83. The molecular weight excluding hydrogens is 240 g/mol. The second-order valence-corrected chi connectivity index (χ2v) is 6.71. The highest BCUT2D eigenvalue weighted by Gasteiger charge is 2.05. The Morgan fingerprint density at radius 2 is 1.12 bits per heavy atom. The smallest absolute Gasteiger partial charge is 0.0529 e. The minimum atomic E-state index is -0.908. The van der Waals surface area contributed by atoms with Gasteiger partial charge in [-0.1, -0.05) is 13.8 Å². The van der Waals surface area contributed by atoms with Crippen LogP contribution in [0, 0.1) is 0 Å². The van der Waals surface area contributed by atoms with Crippen LogP contribution in [0.5, 0.6) is 0 Å². The third-order valence-corrected chi connectivity index (χ3v) is 5.28. The summed E-state index contributed by atoms with van der Waals surface area (Å²) in [7, 11) is -1.82. The van der Waals surface area contributed by atoms with Crippen molar-refractivity contribution in [2.24, 2.45) is 0 Å². The Labute approximate surface area is 102 Å². The zero-order chi connectivity index (χ0) is 12.0. The van der Waals surface area contributed by atoms with Crippen LogP contribution in [0.25, 0.3) is 0 Å². The van der Waals surface area contributed by atoms with E-state index < -0.39 is 21.6 Å². The highest BCUT2D eigenvalue weighted by Crippen LogP contribution is 2.13. The maximum absolute atomic E-state index is 11.7. The van der Waals surface area contributed by atoms with Crippen LogP contribution in [-0.4, -0.2) is 19.9 Å². The monoisotopic (exact) mass is 258 g/mol. The zero-order valence-corrected chi connectivity index (χ0v) is 11.4. The van der Waals surface area contributed by atoms with Crippen LogP contribution in [0.2, 0.25) is 0 Å². The van der Waals surface area contributed by atoms with Crippen LogP contribution in [0.1, 0.15) is 26.7 Å². The van der Waals surface area contributed by atoms with E-state index in [1.165, 1.54) is 0 Å². The first-order valence-electron chi connectivity index (χ1n) is 5.55. The zero-order valence-electron chi connectivity index (χ0n) is 9.77. The lowest BCUT2D eigenvalue weighted by molar-refractivity contribution is 0.679. The van der Waals surface area contributed by atoms with Gasteiger partial charge < -0.3 is 0 Å². The van der Waals surface area contributed by atoms with Crippen molar-refractivity contribution in [3.05, 3.63) is 24.3 Å². The first-order chi connectivity index (χ1) is 7.69. The summed E-state index contributed by atoms with van der Waals surface area (Å²) in [6, 6.07) is 7.31. The molecule has 0 heterocycles. The van der Waals surface area contributed by atoms with Gasteiger partial charge in [-0.05, 0) is 37.1 Å². The molecule has 0 saturated carbocycles. The molecule has 0 fully saturated rings. The van der Waals surface area contributed by atoms with Gasteiger partial charge in [-0.15, -0.1) is 0 Å². The molecule has 2 nitrogen and oxygen atoms in total. The molecule has 1 aromatic rings. The van der Waals surface area contributed by atoms with Crippen molar-refractivity contribution in [2.45, 2.75) is 36.5 Å². The largest absolute Gasteiger partial charge is 0.254 e. The quantitative estimate of drug-likeness (QED) is 0.786. The second-order valence-electron chi connectivity index (χ2n) is 3.57. The summed E-state index contributed by atoms with van der Waals surface area (Å²) in [5, 5.41) is 0. The Hall–Kier alpha value is -0.480. The van der Waals surface area contributed by atoms with Crippen molar-refractivity contribution in [3.63, 3.8) is 0 Å². The first kappa shape index (κ1) is 13.6. The van der Waals surface area contributed by atoms with E-state index in [9.17, 15) is 8.42 Å². The molecule has 0 aliphatic heterocycles. The predicted octanol–water partition coefficient (Wildman–Crippen LogP) is 2.72. The Kier molecular flexibility index (Phi) is 5.91. The van der Waals surface area contributed by atoms with Gasteiger partial charge >= 0.3 is 0 Å². The minimum absolute atomic E-state index is 0.692. The molecule has 1 rings (SSSR count). The van der Waals surface area contributed by atoms with E-state index in [0.29, 0.717) is 11.5 Å². The van der Waals surface area contributed by atoms with E-state index in [4.69, 9.17) is 0 Å². The molecule has 4 heteroatoms. The van der Waals surface area contributed by atoms with Gasteiger partial charge in [0, 0.05) is 21.3 Å². The average molecular weight is 258 g/mol. The van der Waals surface area contributed by atoms with E-state index in [2.05, 4.69) is 0 Å². The fraction of sp³-hybridized carbons (Fsp3) is 0.500. The van der Waals surface area contributed by atoms with Crippen molar-refractivity contribution in [2.75, 3.05) is 11.5 Å². The van der Waals surface area contributed by atoms with E-state index in [1.54, 1.807) is 0 Å². The highest BCUT2D eigenvalue weighted by atomic mass is 32.2. The van der Waals surface area contributed by atoms with Crippen LogP contribution < -0.4 is 0 Å². The van der Waals surface area contributed by atoms with Crippen molar-refractivity contribution in [3.8, 4) is 0 Å². The standard InChI is InChI=1S/C12H18O2S2/c1-3-9-15(13)11-5-7-12(8-6-11)16(14)10-4-2/h5-8H,3-4,9-10H2,1-2H3. The molecule has 0 radical (unpaired) electrons. The molecule has 0 aliphatic rings. The number of hydrogen-bond acceptors (Lipinski definition) is 2. The summed E-state index contributed by atoms with van der Waals surface area (Å²) in [5.41, 5.74) is 0. The Bertz CT molecular complexity index is 334. The molecule has 2 unspecified atom stereocenters. The molecule has 0 spiro atoms. The second kappa shape index (κ2) is 6.97. The van der Waals surface area contributed by atoms with Crippen molar-refractivity contribution in [1.82, 2.24) is 0 Å². The van der Waals surface area contributed by atoms with E-state index in [-0.39, 0.29) is 0 Å². The van der Waals surface area contributed by atoms with E-state index in [1.807, 2.05) is 38.1 Å². The van der Waals surface area contributed by atoms with Gasteiger partial charge in [-0.3, -0.25) is 8.42 Å². The SMILES string of the molecule is CCCS(=O)c1ccc(S(=O)CCC)cc1. The summed E-state index contributed by atoms with van der Waals surface area (Å²) in [6.45, 7) is 4.03. The summed E-state index contributed by atoms with van der Waals surface area (Å²) < 4.78 is 23.4. The van der Waals surface area contributed by atoms with Gasteiger partial charge in [0.25, 0.3) is 0 Å². The molecule has 16 heavy (non-hydrogen) atoms. The fourth-order valence-corrected chi connectivity index (χ4v) is 3.44. The van der Waals surface area contributed by atoms with Crippen LogP contribution in [0.3, 0.4) is 0 Å². The van der Waals surface area contributed by atoms with Gasteiger partial charge in [-0.25, -0.2) is 0 Å². The Morgan fingerprint density at radius 1 is 0.812 bits per heavy atom. The molecule has 0 saturated heterocycles. The normalized spacial score (nSPS) is 14.6. The summed E-state index contributed by atoms with van der Waals surface area (Å²) in [4.78, 5) is 1.66. The maximum atomic E-state index is 11.7. The molecule has 0 N–H and O–H groups in total. The maximum Gasteiger partial charge on any atom is 0.0529 e. The molecule has 1 aromatic carbocycles. The lowest BCUT2D eigenvalue weighted by atomic mass is 10.4. The molecule has 2 atom stereocenters. The first-order valence-corrected chi connectivity index (χ1v) is 8.19. The highest BCUT2D eigenvalue weighted by molar-refractivity contribution is 7.85. The lowest BCUT2D eigenvalue weighted by Gasteiger charge is -2.03. The Morgan fingerprint density at radius 3 is 1.38 bits per heavy atom. The van der Waals surface area contributed by atoms with Gasteiger partial charge in [-0.2, -0.15) is 0 Å². The molecular formula is C12H18O2S2. The topological polar surface area (TPSA) is 34.1 Å². The van der Waals surface area contributed by atoms with Crippen molar-refractivity contribution >= 4 is 21.6 Å². The van der Waals surface area contributed by atoms with Crippen LogP contribution >= 0.6 is 0 Å². The fourth-order valence-electron chi connectivity index (χ4n) is 1.35. The molecule has 0 aromatic heterocycles. The number of hydrogen-bond donors (Lipinski definition) is 0. The minimum Gasteiger partial charge on any atom is -0.254 e. The van der Waals surface area contributed by atoms with Crippen LogP contribution in [-0.2, 0) is 21.6 Å². The average Bonchev–Trinajstić information content (AvgIpc) is 2.30. The molecule has 0 amide bonds. The molecule has 90 valence electrons. The number of rotatable bonds is 6. The summed E-state index contributed by atoms with van der Waals surface area (Å²) in [5.74, 6) is 1.38. The third-order valence-electron chi connectivity index (χ3n) is 2.13. The predicted molar refractivity (Wildman–Crippen MR) is 69.6 cm³/mol. The van der Waals surface area contributed by atoms with Crippen LogP contribution in [0.4, 0.5) is 0 Å². The van der Waals surface area contributed by atoms with Gasteiger partial charge in [0.1, 0.15) is 0 Å². The van der Waals surface area contributed by atoms with Gasteiger partial charge in [0.2, 0.25) is 0 Å². The molecule has 0 aliphatic carbocycles. The lowest BCUT2D eigenvalue weighted by Crippen LogP contribution is -1.99. The van der Waals surface area contributed by atoms with Crippen LogP contribution in [0.15, 0.2) is 34.1 Å². The van der Waals surface area contributed by atoms with Crippen molar-refractivity contribution < 1.29 is 8.42 Å². The number of benzene rings is 1. The summed E-state index contributed by atoms with van der Waals surface area (Å²) >= 11 is 0. The van der Waals surface area contributed by atoms with Gasteiger partial charge in [0.05, 0.1) is 21.6 Å². The van der Waals surface area contributed by atoms with Gasteiger partial charge in [0.15, 0.2) is 0 Å². The third kappa shape index (κ3) is 3.83. The Balaban J connectivity index is 2.75.